The highest BCUT2D eigenvalue weighted by Gasteiger charge is 2.23. The van der Waals surface area contributed by atoms with E-state index >= 15 is 0 Å². The SMILES string of the molecule is Cc1oc(-c2cc3c(cc2Cl)OCO3)nc1CN1CCCN(c2ncccn2)CC1. The molecule has 1 saturated heterocycles. The highest BCUT2D eigenvalue weighted by Crippen LogP contribution is 2.41. The third-order valence-electron chi connectivity index (χ3n) is 5.38. The van der Waals surface area contributed by atoms with Gasteiger partial charge in [0.25, 0.3) is 0 Å². The molecule has 2 aliphatic heterocycles. The van der Waals surface area contributed by atoms with E-state index in [0.717, 1.165) is 56.5 Å². The van der Waals surface area contributed by atoms with Gasteiger partial charge in [-0.15, -0.1) is 0 Å². The molecule has 0 bridgehead atoms. The van der Waals surface area contributed by atoms with Crippen LogP contribution in [0.2, 0.25) is 5.02 Å². The van der Waals surface area contributed by atoms with Gasteiger partial charge in [-0.05, 0) is 25.5 Å². The molecule has 0 N–H and O–H groups in total. The second-order valence-electron chi connectivity index (χ2n) is 7.37. The highest BCUT2D eigenvalue weighted by atomic mass is 35.5. The summed E-state index contributed by atoms with van der Waals surface area (Å²) in [4.78, 5) is 18.1. The minimum Gasteiger partial charge on any atom is -0.454 e. The highest BCUT2D eigenvalue weighted by molar-refractivity contribution is 6.33. The molecule has 156 valence electrons. The first-order chi connectivity index (χ1) is 14.7. The molecule has 3 aromatic rings. The van der Waals surface area contributed by atoms with Crippen LogP contribution in [0.15, 0.2) is 35.0 Å². The zero-order valence-corrected chi connectivity index (χ0v) is 17.4. The van der Waals surface area contributed by atoms with E-state index in [1.807, 2.05) is 19.1 Å². The zero-order valence-electron chi connectivity index (χ0n) is 16.7. The van der Waals surface area contributed by atoms with Crippen molar-refractivity contribution in [3.8, 4) is 23.0 Å². The predicted octanol–water partition coefficient (Wildman–Crippen LogP) is 3.53. The zero-order chi connectivity index (χ0) is 20.5. The number of ether oxygens (including phenoxy) is 2. The van der Waals surface area contributed by atoms with Crippen molar-refractivity contribution < 1.29 is 13.9 Å². The largest absolute Gasteiger partial charge is 0.454 e. The Hall–Kier alpha value is -2.84. The third-order valence-corrected chi connectivity index (χ3v) is 5.69. The Balaban J connectivity index is 1.30. The van der Waals surface area contributed by atoms with Crippen molar-refractivity contribution in [2.24, 2.45) is 0 Å². The van der Waals surface area contributed by atoms with Gasteiger partial charge in [0.1, 0.15) is 5.76 Å². The lowest BCUT2D eigenvalue weighted by molar-refractivity contribution is 0.174. The lowest BCUT2D eigenvalue weighted by atomic mass is 10.2. The maximum absolute atomic E-state index is 6.43. The van der Waals surface area contributed by atoms with Crippen molar-refractivity contribution in [3.63, 3.8) is 0 Å². The number of hydrogen-bond acceptors (Lipinski definition) is 8. The van der Waals surface area contributed by atoms with Gasteiger partial charge in [0.05, 0.1) is 16.3 Å². The standard InChI is InChI=1S/C21H22ClN5O3/c1-14-17(12-26-6-3-7-27(9-8-26)21-23-4-2-5-24-21)25-20(30-14)15-10-18-19(11-16(15)22)29-13-28-18/h2,4-5,10-11H,3,6-9,12-13H2,1H3. The molecule has 2 aromatic heterocycles. The Kier molecular flexibility index (Phi) is 5.18. The molecule has 5 rings (SSSR count). The molecule has 0 amide bonds. The maximum Gasteiger partial charge on any atom is 0.231 e. The Labute approximate surface area is 179 Å². The van der Waals surface area contributed by atoms with Crippen LogP contribution < -0.4 is 14.4 Å². The Bertz CT molecular complexity index is 1040. The number of anilines is 1. The van der Waals surface area contributed by atoms with E-state index in [2.05, 4.69) is 19.8 Å². The molecule has 0 atom stereocenters. The first-order valence-corrected chi connectivity index (χ1v) is 10.4. The molecule has 0 spiro atoms. The lowest BCUT2D eigenvalue weighted by Crippen LogP contribution is -2.31. The van der Waals surface area contributed by atoms with Crippen LogP contribution >= 0.6 is 11.6 Å². The number of halogens is 1. The van der Waals surface area contributed by atoms with Gasteiger partial charge in [0, 0.05) is 51.2 Å². The second kappa shape index (κ2) is 8.12. The van der Waals surface area contributed by atoms with E-state index < -0.39 is 0 Å². The molecule has 1 aromatic carbocycles. The van der Waals surface area contributed by atoms with Gasteiger partial charge in [-0.1, -0.05) is 11.6 Å². The van der Waals surface area contributed by atoms with Crippen LogP contribution in [0.5, 0.6) is 11.5 Å². The van der Waals surface area contributed by atoms with Crippen LogP contribution in [-0.4, -0.2) is 52.8 Å². The van der Waals surface area contributed by atoms with Crippen molar-refractivity contribution in [1.82, 2.24) is 19.9 Å². The van der Waals surface area contributed by atoms with E-state index in [9.17, 15) is 0 Å². The normalized spacial score (nSPS) is 16.7. The summed E-state index contributed by atoms with van der Waals surface area (Å²) in [5.41, 5.74) is 1.63. The quantitative estimate of drug-likeness (QED) is 0.625. The summed E-state index contributed by atoms with van der Waals surface area (Å²) in [7, 11) is 0. The van der Waals surface area contributed by atoms with Crippen molar-refractivity contribution >= 4 is 17.5 Å². The fourth-order valence-corrected chi connectivity index (χ4v) is 4.00. The number of nitrogens with zero attached hydrogens (tertiary/aromatic N) is 5. The van der Waals surface area contributed by atoms with Crippen LogP contribution in [0.3, 0.4) is 0 Å². The molecule has 8 nitrogen and oxygen atoms in total. The van der Waals surface area contributed by atoms with Crippen LogP contribution in [0.1, 0.15) is 17.9 Å². The third kappa shape index (κ3) is 3.80. The van der Waals surface area contributed by atoms with E-state index in [0.29, 0.717) is 28.0 Å². The van der Waals surface area contributed by atoms with Gasteiger partial charge < -0.3 is 18.8 Å². The smallest absolute Gasteiger partial charge is 0.231 e. The van der Waals surface area contributed by atoms with E-state index in [4.69, 9.17) is 30.5 Å². The monoisotopic (exact) mass is 427 g/mol. The van der Waals surface area contributed by atoms with Crippen molar-refractivity contribution in [3.05, 3.63) is 47.1 Å². The molecule has 0 radical (unpaired) electrons. The lowest BCUT2D eigenvalue weighted by Gasteiger charge is -2.21. The molecule has 4 heterocycles. The summed E-state index contributed by atoms with van der Waals surface area (Å²) in [5, 5.41) is 0.528. The molecule has 30 heavy (non-hydrogen) atoms. The Morgan fingerprint density at radius 1 is 1.03 bits per heavy atom. The van der Waals surface area contributed by atoms with Crippen molar-refractivity contribution in [2.45, 2.75) is 19.9 Å². The number of aromatic nitrogens is 3. The van der Waals surface area contributed by atoms with Crippen LogP contribution in [-0.2, 0) is 6.54 Å². The van der Waals surface area contributed by atoms with Gasteiger partial charge in [0.15, 0.2) is 11.5 Å². The molecule has 9 heteroatoms. The number of hydrogen-bond donors (Lipinski definition) is 0. The molecule has 0 aliphatic carbocycles. The number of rotatable bonds is 4. The van der Waals surface area contributed by atoms with E-state index in [-0.39, 0.29) is 6.79 Å². The maximum atomic E-state index is 6.43. The molecule has 2 aliphatic rings. The summed E-state index contributed by atoms with van der Waals surface area (Å²) in [5.74, 6) is 3.38. The fraction of sp³-hybridized carbons (Fsp3) is 0.381. The minimum absolute atomic E-state index is 0.199. The van der Waals surface area contributed by atoms with Crippen LogP contribution in [0.4, 0.5) is 5.95 Å². The first kappa shape index (κ1) is 19.1. The van der Waals surface area contributed by atoms with E-state index in [1.165, 1.54) is 0 Å². The Morgan fingerprint density at radius 3 is 2.67 bits per heavy atom. The summed E-state index contributed by atoms with van der Waals surface area (Å²) in [6, 6.07) is 5.40. The first-order valence-electron chi connectivity index (χ1n) is 9.97. The average molecular weight is 428 g/mol. The fourth-order valence-electron chi connectivity index (χ4n) is 3.77. The van der Waals surface area contributed by atoms with Gasteiger partial charge in [-0.25, -0.2) is 15.0 Å². The van der Waals surface area contributed by atoms with Gasteiger partial charge >= 0.3 is 0 Å². The summed E-state index contributed by atoms with van der Waals surface area (Å²) in [6.07, 6.45) is 4.61. The number of aryl methyl sites for hydroxylation is 1. The van der Waals surface area contributed by atoms with Gasteiger partial charge in [-0.2, -0.15) is 0 Å². The second-order valence-corrected chi connectivity index (χ2v) is 7.78. The number of oxazole rings is 1. The molecule has 1 fully saturated rings. The summed E-state index contributed by atoms with van der Waals surface area (Å²) >= 11 is 6.43. The van der Waals surface area contributed by atoms with Crippen LogP contribution in [0, 0.1) is 6.92 Å². The average Bonchev–Trinajstić information content (AvgIpc) is 3.27. The molecular weight excluding hydrogens is 406 g/mol. The number of benzene rings is 1. The molecule has 0 saturated carbocycles. The topological polar surface area (TPSA) is 76.8 Å². The number of fused-ring (bicyclic) bond motifs is 1. The summed E-state index contributed by atoms with van der Waals surface area (Å²) < 4.78 is 16.8. The Morgan fingerprint density at radius 2 is 1.83 bits per heavy atom. The van der Waals surface area contributed by atoms with Gasteiger partial charge in [0.2, 0.25) is 18.6 Å². The van der Waals surface area contributed by atoms with Crippen molar-refractivity contribution in [1.29, 1.82) is 0 Å². The minimum atomic E-state index is 0.199. The van der Waals surface area contributed by atoms with Crippen LogP contribution in [0.25, 0.3) is 11.5 Å². The van der Waals surface area contributed by atoms with E-state index in [1.54, 1.807) is 18.5 Å². The molecule has 0 unspecified atom stereocenters. The molecular formula is C21H22ClN5O3. The van der Waals surface area contributed by atoms with Gasteiger partial charge in [-0.3, -0.25) is 4.90 Å². The summed E-state index contributed by atoms with van der Waals surface area (Å²) in [6.45, 7) is 6.57. The van der Waals surface area contributed by atoms with Crippen molar-refractivity contribution in [2.75, 3.05) is 37.9 Å². The predicted molar refractivity (Wildman–Crippen MR) is 112 cm³/mol.